The van der Waals surface area contributed by atoms with Gasteiger partial charge in [0, 0.05) is 6.42 Å². The smallest absolute Gasteiger partial charge is 0.306 e. The van der Waals surface area contributed by atoms with Crippen LogP contribution in [0, 0.1) is 0 Å². The Morgan fingerprint density at radius 3 is 1.28 bits per heavy atom. The molecule has 0 N–H and O–H groups in total. The maximum absolute atomic E-state index is 12.7. The molecule has 0 saturated carbocycles. The van der Waals surface area contributed by atoms with Crippen LogP contribution in [0.4, 0.5) is 0 Å². The molecule has 0 aliphatic carbocycles. The van der Waals surface area contributed by atoms with E-state index in [1.54, 1.807) is 0 Å². The Morgan fingerprint density at radius 1 is 0.489 bits per heavy atom. The van der Waals surface area contributed by atoms with Crippen LogP contribution in [0.5, 0.6) is 0 Å². The van der Waals surface area contributed by atoms with Gasteiger partial charge in [0.25, 0.3) is 0 Å². The Bertz CT molecular complexity index is 748. The Kier molecular flexibility index (Phi) is 37.5. The highest BCUT2D eigenvalue weighted by Gasteiger charge is 2.14. The summed E-state index contributed by atoms with van der Waals surface area (Å²) < 4.78 is 6.06. The fourth-order valence-electron chi connectivity index (χ4n) is 6.04. The van der Waals surface area contributed by atoms with Gasteiger partial charge in [-0.3, -0.25) is 4.79 Å². The van der Waals surface area contributed by atoms with Gasteiger partial charge in [-0.1, -0.05) is 147 Å². The number of carbonyl (C=O) groups is 1. The third kappa shape index (κ3) is 35.5. The summed E-state index contributed by atoms with van der Waals surface area (Å²) in [5.74, 6) is 0.0183. The first-order valence-electron chi connectivity index (χ1n) is 20.7. The second-order valence-corrected chi connectivity index (χ2v) is 13.6. The minimum atomic E-state index is 0.0183. The molecule has 47 heavy (non-hydrogen) atoms. The maximum Gasteiger partial charge on any atom is 0.306 e. The van der Waals surface area contributed by atoms with Crippen molar-refractivity contribution in [3.63, 3.8) is 0 Å². The summed E-state index contributed by atoms with van der Waals surface area (Å²) in [7, 11) is 0. The van der Waals surface area contributed by atoms with Crippen LogP contribution in [-0.4, -0.2) is 36.6 Å². The molecule has 3 heteroatoms. The van der Waals surface area contributed by atoms with E-state index in [0.717, 1.165) is 51.7 Å². The van der Waals surface area contributed by atoms with Gasteiger partial charge >= 0.3 is 5.97 Å². The fraction of sp³-hybridized carbons (Fsp3) is 0.795. The molecule has 0 heterocycles. The molecule has 0 aliphatic rings. The van der Waals surface area contributed by atoms with E-state index < -0.39 is 0 Å². The van der Waals surface area contributed by atoms with Crippen molar-refractivity contribution >= 4 is 5.97 Å². The third-order valence-electron chi connectivity index (χ3n) is 9.25. The lowest BCUT2D eigenvalue weighted by atomic mass is 10.0. The lowest BCUT2D eigenvalue weighted by Crippen LogP contribution is -2.25. The number of allylic oxidation sites excluding steroid dienone is 8. The Labute approximate surface area is 295 Å². The zero-order valence-corrected chi connectivity index (χ0v) is 32.2. The van der Waals surface area contributed by atoms with E-state index in [4.69, 9.17) is 4.74 Å². The Balaban J connectivity index is 4.15. The van der Waals surface area contributed by atoms with Crippen molar-refractivity contribution < 1.29 is 9.53 Å². The molecule has 0 aromatic heterocycles. The predicted molar refractivity (Wildman–Crippen MR) is 210 cm³/mol. The molecule has 0 rings (SSSR count). The minimum absolute atomic E-state index is 0.0183. The van der Waals surface area contributed by atoms with Gasteiger partial charge in [-0.2, -0.15) is 0 Å². The van der Waals surface area contributed by atoms with E-state index in [9.17, 15) is 4.79 Å². The fourth-order valence-corrected chi connectivity index (χ4v) is 6.04. The van der Waals surface area contributed by atoms with Crippen molar-refractivity contribution in [3.8, 4) is 0 Å². The average molecular weight is 656 g/mol. The number of hydrogen-bond donors (Lipinski definition) is 0. The summed E-state index contributed by atoms with van der Waals surface area (Å²) >= 11 is 0. The number of rotatable bonds is 36. The van der Waals surface area contributed by atoms with Crippen molar-refractivity contribution in [2.24, 2.45) is 0 Å². The van der Waals surface area contributed by atoms with Gasteiger partial charge < -0.3 is 9.64 Å². The molecule has 274 valence electrons. The molecule has 0 saturated heterocycles. The largest absolute Gasteiger partial charge is 0.462 e. The predicted octanol–water partition coefficient (Wildman–Crippen LogP) is 14.0. The van der Waals surface area contributed by atoms with Gasteiger partial charge in [-0.15, -0.1) is 0 Å². The molecule has 3 nitrogen and oxygen atoms in total. The van der Waals surface area contributed by atoms with Crippen LogP contribution in [0.2, 0.25) is 0 Å². The summed E-state index contributed by atoms with van der Waals surface area (Å²) in [6, 6.07) is 0. The molecule has 0 spiro atoms. The monoisotopic (exact) mass is 656 g/mol. The second kappa shape index (κ2) is 38.8. The van der Waals surface area contributed by atoms with Crippen LogP contribution in [-0.2, 0) is 9.53 Å². The first-order valence-corrected chi connectivity index (χ1v) is 20.7. The number of carbonyl (C=O) groups excluding carboxylic acids is 1. The summed E-state index contributed by atoms with van der Waals surface area (Å²) in [6.45, 7) is 12.0. The van der Waals surface area contributed by atoms with E-state index in [0.29, 0.717) is 6.42 Å². The molecule has 0 radical (unpaired) electrons. The molecule has 1 unspecified atom stereocenters. The zero-order chi connectivity index (χ0) is 34.3. The van der Waals surface area contributed by atoms with Crippen LogP contribution in [0.1, 0.15) is 201 Å². The quantitative estimate of drug-likeness (QED) is 0.0382. The van der Waals surface area contributed by atoms with Gasteiger partial charge in [0.15, 0.2) is 0 Å². The van der Waals surface area contributed by atoms with Crippen molar-refractivity contribution in [1.29, 1.82) is 0 Å². The van der Waals surface area contributed by atoms with Gasteiger partial charge in [0.2, 0.25) is 0 Å². The van der Waals surface area contributed by atoms with Gasteiger partial charge in [0.05, 0.1) is 0 Å². The van der Waals surface area contributed by atoms with E-state index in [2.05, 4.69) is 81.2 Å². The highest BCUT2D eigenvalue weighted by Crippen LogP contribution is 2.18. The maximum atomic E-state index is 12.7. The van der Waals surface area contributed by atoms with Crippen molar-refractivity contribution in [1.82, 2.24) is 4.90 Å². The molecule has 1 atom stereocenters. The molecule has 0 bridgehead atoms. The standard InChI is InChI=1S/C44H81NO2/c1-5-9-11-13-15-17-19-21-23-25-27-29-31-33-35-37-40-43(47-44(46)41-38-42-45(7-3)8-4)39-36-34-32-30-28-26-24-22-20-18-16-14-12-10-6-2/h15-18,21-24,43H,5-14,19-20,25-42H2,1-4H3. The second-order valence-electron chi connectivity index (χ2n) is 13.6. The van der Waals surface area contributed by atoms with Gasteiger partial charge in [0.1, 0.15) is 6.10 Å². The normalized spacial score (nSPS) is 13.0. The van der Waals surface area contributed by atoms with E-state index >= 15 is 0 Å². The number of ether oxygens (including phenoxy) is 1. The van der Waals surface area contributed by atoms with Crippen LogP contribution in [0.25, 0.3) is 0 Å². The van der Waals surface area contributed by atoms with Crippen LogP contribution in [0.15, 0.2) is 48.6 Å². The molecular formula is C44H81NO2. The van der Waals surface area contributed by atoms with E-state index in [-0.39, 0.29) is 12.1 Å². The van der Waals surface area contributed by atoms with Crippen molar-refractivity contribution in [2.75, 3.05) is 19.6 Å². The average Bonchev–Trinajstić information content (AvgIpc) is 3.08. The number of unbranched alkanes of at least 4 members (excludes halogenated alkanes) is 17. The molecular weight excluding hydrogens is 574 g/mol. The molecule has 0 aromatic rings. The highest BCUT2D eigenvalue weighted by molar-refractivity contribution is 5.69. The molecule has 0 aliphatic heterocycles. The molecule has 0 amide bonds. The number of hydrogen-bond acceptors (Lipinski definition) is 3. The minimum Gasteiger partial charge on any atom is -0.462 e. The molecule has 0 aromatic carbocycles. The van der Waals surface area contributed by atoms with Crippen molar-refractivity contribution in [3.05, 3.63) is 48.6 Å². The summed E-state index contributed by atoms with van der Waals surface area (Å²) in [5.41, 5.74) is 0. The number of esters is 1. The summed E-state index contributed by atoms with van der Waals surface area (Å²) in [6.07, 6.45) is 51.4. The van der Waals surface area contributed by atoms with E-state index in [1.807, 2.05) is 0 Å². The summed E-state index contributed by atoms with van der Waals surface area (Å²) in [5, 5.41) is 0. The highest BCUT2D eigenvalue weighted by atomic mass is 16.5. The topological polar surface area (TPSA) is 29.5 Å². The van der Waals surface area contributed by atoms with Crippen LogP contribution in [0.3, 0.4) is 0 Å². The van der Waals surface area contributed by atoms with Crippen LogP contribution >= 0.6 is 0 Å². The Morgan fingerprint density at radius 2 is 0.872 bits per heavy atom. The first kappa shape index (κ1) is 45.4. The zero-order valence-electron chi connectivity index (χ0n) is 32.2. The summed E-state index contributed by atoms with van der Waals surface area (Å²) in [4.78, 5) is 15.1. The number of nitrogens with zero attached hydrogens (tertiary/aromatic N) is 1. The molecule has 0 fully saturated rings. The lowest BCUT2D eigenvalue weighted by Gasteiger charge is -2.20. The van der Waals surface area contributed by atoms with Gasteiger partial charge in [-0.05, 0) is 116 Å². The Hall–Kier alpha value is -1.61. The lowest BCUT2D eigenvalue weighted by molar-refractivity contribution is -0.150. The SMILES string of the molecule is CCCCCC=CCC=CCCCCCCCCC(CCCCCCCC=CCC=CCCCCC)OC(=O)CCCN(CC)CC. The van der Waals surface area contributed by atoms with Gasteiger partial charge in [-0.25, -0.2) is 0 Å². The third-order valence-corrected chi connectivity index (χ3v) is 9.25. The van der Waals surface area contributed by atoms with E-state index in [1.165, 1.54) is 135 Å². The van der Waals surface area contributed by atoms with Crippen LogP contribution < -0.4 is 0 Å². The van der Waals surface area contributed by atoms with Crippen molar-refractivity contribution in [2.45, 2.75) is 207 Å². The first-order chi connectivity index (χ1) is 23.2.